The zero-order valence-corrected chi connectivity index (χ0v) is 9.89. The molecule has 1 atom stereocenters. The normalized spacial score (nSPS) is 13.2. The molecule has 0 radical (unpaired) electrons. The van der Waals surface area contributed by atoms with E-state index in [-0.39, 0.29) is 11.4 Å². The molecule has 2 aromatic rings. The second-order valence-electron chi connectivity index (χ2n) is 4.16. The van der Waals surface area contributed by atoms with Crippen molar-refractivity contribution in [2.75, 3.05) is 6.54 Å². The maximum atomic E-state index is 13.8. The van der Waals surface area contributed by atoms with Crippen LogP contribution in [0.3, 0.4) is 0 Å². The predicted molar refractivity (Wildman–Crippen MR) is 63.0 cm³/mol. The molecule has 1 aromatic carbocycles. The highest BCUT2D eigenvalue weighted by molar-refractivity contribution is 5.78. The summed E-state index contributed by atoms with van der Waals surface area (Å²) in [6.45, 7) is 4.71. The Morgan fingerprint density at radius 1 is 1.35 bits per heavy atom. The number of fused-ring (bicyclic) bond motifs is 1. The van der Waals surface area contributed by atoms with E-state index in [9.17, 15) is 8.78 Å². The van der Waals surface area contributed by atoms with Crippen LogP contribution in [0.25, 0.3) is 11.0 Å². The van der Waals surface area contributed by atoms with Crippen molar-refractivity contribution >= 4 is 11.0 Å². The summed E-state index contributed by atoms with van der Waals surface area (Å²) in [5.41, 5.74) is 0.737. The van der Waals surface area contributed by atoms with Gasteiger partial charge in [-0.3, -0.25) is 0 Å². The van der Waals surface area contributed by atoms with Gasteiger partial charge in [0, 0.05) is 6.04 Å². The van der Waals surface area contributed by atoms with Gasteiger partial charge in [0.2, 0.25) is 0 Å². The first kappa shape index (κ1) is 12.0. The molecule has 0 saturated heterocycles. The van der Waals surface area contributed by atoms with E-state index in [1.54, 1.807) is 6.07 Å². The van der Waals surface area contributed by atoms with E-state index in [2.05, 4.69) is 5.32 Å². The molecule has 2 rings (SSSR count). The number of hydrogen-bond acceptors (Lipinski definition) is 2. The highest BCUT2D eigenvalue weighted by atomic mass is 19.2. The largest absolute Gasteiger partial charge is 0.464 e. The average Bonchev–Trinajstić information content (AvgIpc) is 2.74. The first-order valence-electron chi connectivity index (χ1n) is 5.71. The average molecular weight is 239 g/mol. The molecule has 0 saturated carbocycles. The molecule has 92 valence electrons. The topological polar surface area (TPSA) is 25.2 Å². The van der Waals surface area contributed by atoms with E-state index >= 15 is 0 Å². The van der Waals surface area contributed by atoms with Crippen LogP contribution in [0.15, 0.2) is 22.8 Å². The molecule has 0 aliphatic carbocycles. The number of benzene rings is 1. The van der Waals surface area contributed by atoms with E-state index in [0.717, 1.165) is 6.54 Å². The van der Waals surface area contributed by atoms with Crippen molar-refractivity contribution in [3.8, 4) is 0 Å². The maximum Gasteiger partial charge on any atom is 0.170 e. The third-order valence-corrected chi connectivity index (χ3v) is 2.79. The van der Waals surface area contributed by atoms with Gasteiger partial charge in [-0.2, -0.15) is 0 Å². The lowest BCUT2D eigenvalue weighted by atomic mass is 10.0. The molecule has 2 nitrogen and oxygen atoms in total. The molecule has 0 aliphatic rings. The van der Waals surface area contributed by atoms with E-state index in [4.69, 9.17) is 4.42 Å². The zero-order chi connectivity index (χ0) is 12.4. The van der Waals surface area contributed by atoms with Gasteiger partial charge < -0.3 is 9.73 Å². The smallest absolute Gasteiger partial charge is 0.170 e. The number of likely N-dealkylation sites (N-methyl/N-ethyl adjacent to an activating group) is 1. The third kappa shape index (κ3) is 2.31. The van der Waals surface area contributed by atoms with Gasteiger partial charge in [-0.1, -0.05) is 6.92 Å². The van der Waals surface area contributed by atoms with Gasteiger partial charge in [-0.25, -0.2) is 8.78 Å². The van der Waals surface area contributed by atoms with Crippen LogP contribution in [-0.2, 0) is 6.42 Å². The van der Waals surface area contributed by atoms with Crippen molar-refractivity contribution < 1.29 is 13.2 Å². The Labute approximate surface area is 98.6 Å². The van der Waals surface area contributed by atoms with Crippen LogP contribution in [0.2, 0.25) is 0 Å². The summed E-state index contributed by atoms with van der Waals surface area (Å²) in [6.07, 6.45) is 1.80. The standard InChI is InChI=1S/C13H15F2NO/c1-3-16-8(2)6-9-7-11-10(4-5-17-11)13(15)12(9)14/h4-5,7-8,16H,3,6H2,1-2H3/t8-/m1/s1. The Hall–Kier alpha value is -1.42. The van der Waals surface area contributed by atoms with Crippen LogP contribution in [-0.4, -0.2) is 12.6 Å². The van der Waals surface area contributed by atoms with Crippen LogP contribution in [0.1, 0.15) is 19.4 Å². The zero-order valence-electron chi connectivity index (χ0n) is 9.89. The van der Waals surface area contributed by atoms with Gasteiger partial charge in [0.05, 0.1) is 11.6 Å². The van der Waals surface area contributed by atoms with Gasteiger partial charge in [0.15, 0.2) is 11.6 Å². The summed E-state index contributed by atoms with van der Waals surface area (Å²) in [6, 6.07) is 3.11. The molecule has 0 bridgehead atoms. The Bertz CT molecular complexity index is 521. The molecule has 0 fully saturated rings. The Kier molecular flexibility index (Phi) is 3.43. The lowest BCUT2D eigenvalue weighted by molar-refractivity contribution is 0.489. The summed E-state index contributed by atoms with van der Waals surface area (Å²) in [5, 5.41) is 3.36. The summed E-state index contributed by atoms with van der Waals surface area (Å²) in [5.74, 6) is -1.60. The number of rotatable bonds is 4. The molecule has 4 heteroatoms. The van der Waals surface area contributed by atoms with Crippen molar-refractivity contribution in [3.05, 3.63) is 35.6 Å². The Morgan fingerprint density at radius 3 is 2.82 bits per heavy atom. The lowest BCUT2D eigenvalue weighted by Crippen LogP contribution is -2.28. The fourth-order valence-corrected chi connectivity index (χ4v) is 1.99. The summed E-state index contributed by atoms with van der Waals surface area (Å²) < 4.78 is 32.5. The van der Waals surface area contributed by atoms with E-state index in [1.165, 1.54) is 12.3 Å². The van der Waals surface area contributed by atoms with Crippen LogP contribution in [0, 0.1) is 11.6 Å². The summed E-state index contributed by atoms with van der Waals surface area (Å²) in [4.78, 5) is 0. The van der Waals surface area contributed by atoms with Gasteiger partial charge in [-0.15, -0.1) is 0 Å². The molecule has 1 heterocycles. The lowest BCUT2D eigenvalue weighted by Gasteiger charge is -2.13. The molecular weight excluding hydrogens is 224 g/mol. The molecule has 0 aliphatic heterocycles. The molecular formula is C13H15F2NO. The third-order valence-electron chi connectivity index (χ3n) is 2.79. The Balaban J connectivity index is 2.36. The highest BCUT2D eigenvalue weighted by Crippen LogP contribution is 2.25. The van der Waals surface area contributed by atoms with Crippen molar-refractivity contribution in [2.45, 2.75) is 26.3 Å². The first-order chi connectivity index (χ1) is 8.13. The molecule has 1 N–H and O–H groups in total. The van der Waals surface area contributed by atoms with Gasteiger partial charge >= 0.3 is 0 Å². The quantitative estimate of drug-likeness (QED) is 0.886. The van der Waals surface area contributed by atoms with Gasteiger partial charge in [-0.05, 0) is 37.6 Å². The minimum Gasteiger partial charge on any atom is -0.464 e. The van der Waals surface area contributed by atoms with Crippen LogP contribution < -0.4 is 5.32 Å². The summed E-state index contributed by atoms with van der Waals surface area (Å²) in [7, 11) is 0. The van der Waals surface area contributed by atoms with Crippen molar-refractivity contribution in [3.63, 3.8) is 0 Å². The monoisotopic (exact) mass is 239 g/mol. The van der Waals surface area contributed by atoms with E-state index in [0.29, 0.717) is 17.6 Å². The highest BCUT2D eigenvalue weighted by Gasteiger charge is 2.16. The van der Waals surface area contributed by atoms with Crippen LogP contribution in [0.5, 0.6) is 0 Å². The fourth-order valence-electron chi connectivity index (χ4n) is 1.99. The number of hydrogen-bond donors (Lipinski definition) is 1. The van der Waals surface area contributed by atoms with Crippen molar-refractivity contribution in [1.82, 2.24) is 5.32 Å². The minimum atomic E-state index is -0.824. The number of halogens is 2. The van der Waals surface area contributed by atoms with E-state index < -0.39 is 11.6 Å². The second kappa shape index (κ2) is 4.84. The number of furan rings is 1. The van der Waals surface area contributed by atoms with Crippen molar-refractivity contribution in [2.24, 2.45) is 0 Å². The van der Waals surface area contributed by atoms with Crippen LogP contribution >= 0.6 is 0 Å². The minimum absolute atomic E-state index is 0.0984. The fraction of sp³-hybridized carbons (Fsp3) is 0.385. The Morgan fingerprint density at radius 2 is 2.12 bits per heavy atom. The molecule has 0 spiro atoms. The molecule has 0 amide bonds. The summed E-state index contributed by atoms with van der Waals surface area (Å²) >= 11 is 0. The van der Waals surface area contributed by atoms with Crippen LogP contribution in [0.4, 0.5) is 8.78 Å². The molecule has 1 aromatic heterocycles. The van der Waals surface area contributed by atoms with Crippen molar-refractivity contribution in [1.29, 1.82) is 0 Å². The maximum absolute atomic E-state index is 13.8. The first-order valence-corrected chi connectivity index (χ1v) is 5.71. The predicted octanol–water partition coefficient (Wildman–Crippen LogP) is 3.25. The molecule has 17 heavy (non-hydrogen) atoms. The second-order valence-corrected chi connectivity index (χ2v) is 4.16. The number of nitrogens with one attached hydrogen (secondary N) is 1. The van der Waals surface area contributed by atoms with E-state index in [1.807, 2.05) is 13.8 Å². The van der Waals surface area contributed by atoms with Gasteiger partial charge in [0.25, 0.3) is 0 Å². The van der Waals surface area contributed by atoms with Gasteiger partial charge in [0.1, 0.15) is 5.58 Å². The SMILES string of the molecule is CCN[C@H](C)Cc1cc2occc2c(F)c1F. The molecule has 0 unspecified atom stereocenters.